The molecule has 1 radical (unpaired) electrons. The lowest BCUT2D eigenvalue weighted by Crippen LogP contribution is -2.17. The molecule has 0 aromatic carbocycles. The van der Waals surface area contributed by atoms with E-state index in [2.05, 4.69) is 16.4 Å². The normalized spacial score (nSPS) is 12.8. The summed E-state index contributed by atoms with van der Waals surface area (Å²) in [4.78, 5) is 10.2. The lowest BCUT2D eigenvalue weighted by Gasteiger charge is -2.08. The minimum Gasteiger partial charge on any atom is -0.460 e. The third-order valence-corrected chi connectivity index (χ3v) is 0.685. The molecule has 0 spiro atoms. The summed E-state index contributed by atoms with van der Waals surface area (Å²) in [5, 5.41) is 0. The second-order valence-corrected chi connectivity index (χ2v) is 1.69. The Hall–Kier alpha value is -0.570. The Bertz CT molecular complexity index is 90.3. The van der Waals surface area contributed by atoms with Gasteiger partial charge in [-0.25, -0.2) is 0 Å². The van der Waals surface area contributed by atoms with E-state index in [-0.39, 0.29) is 12.1 Å². The molecule has 1 atom stereocenters. The molecule has 0 aromatic rings. The van der Waals surface area contributed by atoms with Crippen molar-refractivity contribution in [2.45, 2.75) is 13.0 Å². The molecule has 0 rings (SSSR count). The van der Waals surface area contributed by atoms with Crippen LogP contribution in [0, 0.1) is 6.92 Å². The molecule has 0 aliphatic carbocycles. The van der Waals surface area contributed by atoms with Crippen molar-refractivity contribution in [3.05, 3.63) is 6.92 Å². The molecule has 0 saturated carbocycles. The summed E-state index contributed by atoms with van der Waals surface area (Å²) in [7, 11) is 1.53. The SMILES string of the molecule is [CH2][C@H](COC)OC(C)=O. The van der Waals surface area contributed by atoms with Crippen LogP contribution >= 0.6 is 0 Å². The minimum absolute atomic E-state index is 0.327. The summed E-state index contributed by atoms with van der Waals surface area (Å²) < 4.78 is 9.28. The van der Waals surface area contributed by atoms with Crippen molar-refractivity contribution < 1.29 is 14.3 Å². The second kappa shape index (κ2) is 4.32. The highest BCUT2D eigenvalue weighted by Crippen LogP contribution is 1.89. The van der Waals surface area contributed by atoms with Crippen molar-refractivity contribution in [2.75, 3.05) is 13.7 Å². The highest BCUT2D eigenvalue weighted by molar-refractivity contribution is 5.66. The Morgan fingerprint density at radius 1 is 1.78 bits per heavy atom. The molecule has 0 heterocycles. The summed E-state index contributed by atoms with van der Waals surface area (Å²) in [6, 6.07) is 0. The van der Waals surface area contributed by atoms with E-state index in [0.717, 1.165) is 0 Å². The number of esters is 1. The van der Waals surface area contributed by atoms with Gasteiger partial charge in [-0.3, -0.25) is 4.79 Å². The van der Waals surface area contributed by atoms with E-state index in [4.69, 9.17) is 0 Å². The van der Waals surface area contributed by atoms with Gasteiger partial charge in [0.25, 0.3) is 0 Å². The van der Waals surface area contributed by atoms with Gasteiger partial charge in [0.2, 0.25) is 0 Å². The van der Waals surface area contributed by atoms with E-state index in [1.165, 1.54) is 14.0 Å². The van der Waals surface area contributed by atoms with Crippen molar-refractivity contribution in [3.63, 3.8) is 0 Å². The third-order valence-electron chi connectivity index (χ3n) is 0.685. The highest BCUT2D eigenvalue weighted by atomic mass is 16.6. The fourth-order valence-corrected chi connectivity index (χ4v) is 0.455. The largest absolute Gasteiger partial charge is 0.460 e. The first-order chi connectivity index (χ1) is 4.16. The van der Waals surface area contributed by atoms with Crippen molar-refractivity contribution in [2.24, 2.45) is 0 Å². The van der Waals surface area contributed by atoms with Crippen LogP contribution in [0.2, 0.25) is 0 Å². The zero-order valence-corrected chi connectivity index (χ0v) is 5.72. The number of methoxy groups -OCH3 is 1. The Morgan fingerprint density at radius 2 is 2.33 bits per heavy atom. The van der Waals surface area contributed by atoms with E-state index >= 15 is 0 Å². The quantitative estimate of drug-likeness (QED) is 0.520. The van der Waals surface area contributed by atoms with Crippen LogP contribution < -0.4 is 0 Å². The number of carbonyl (C=O) groups is 1. The zero-order chi connectivity index (χ0) is 7.28. The average molecular weight is 131 g/mol. The van der Waals surface area contributed by atoms with Crippen molar-refractivity contribution in [3.8, 4) is 0 Å². The maximum Gasteiger partial charge on any atom is 0.302 e. The van der Waals surface area contributed by atoms with E-state index in [9.17, 15) is 4.79 Å². The molecule has 9 heavy (non-hydrogen) atoms. The Labute approximate surface area is 55.0 Å². The van der Waals surface area contributed by atoms with Crippen molar-refractivity contribution >= 4 is 5.97 Å². The third kappa shape index (κ3) is 5.30. The summed E-state index contributed by atoms with van der Waals surface area (Å²) in [5.74, 6) is -0.327. The maximum atomic E-state index is 10.2. The van der Waals surface area contributed by atoms with Gasteiger partial charge >= 0.3 is 5.97 Å². The molecule has 0 unspecified atom stereocenters. The summed E-state index contributed by atoms with van der Waals surface area (Å²) in [6.45, 7) is 5.19. The first-order valence-corrected chi connectivity index (χ1v) is 2.66. The van der Waals surface area contributed by atoms with Gasteiger partial charge in [0.1, 0.15) is 6.10 Å². The Kier molecular flexibility index (Phi) is 4.05. The van der Waals surface area contributed by atoms with Crippen molar-refractivity contribution in [1.82, 2.24) is 0 Å². The monoisotopic (exact) mass is 131 g/mol. The standard InChI is InChI=1S/C6H11O3/c1-5(4-8-3)9-6(2)7/h5H,1,4H2,2-3H3/t5-/m1/s1. The van der Waals surface area contributed by atoms with Gasteiger partial charge in [-0.05, 0) is 6.92 Å². The van der Waals surface area contributed by atoms with Crippen LogP contribution in [-0.4, -0.2) is 25.8 Å². The molecular weight excluding hydrogens is 120 g/mol. The molecular formula is C6H11O3. The number of carbonyl (C=O) groups excluding carboxylic acids is 1. The van der Waals surface area contributed by atoms with Gasteiger partial charge in [0, 0.05) is 14.0 Å². The Morgan fingerprint density at radius 3 is 2.67 bits per heavy atom. The van der Waals surface area contributed by atoms with Crippen LogP contribution in [0.3, 0.4) is 0 Å². The predicted octanol–water partition coefficient (Wildman–Crippen LogP) is 0.399. The van der Waals surface area contributed by atoms with Crippen LogP contribution in [0.15, 0.2) is 0 Å². The van der Waals surface area contributed by atoms with Gasteiger partial charge in [0.05, 0.1) is 6.61 Å². The summed E-state index contributed by atoms with van der Waals surface area (Å²) in [5.41, 5.74) is 0. The maximum absolute atomic E-state index is 10.2. The number of hydrogen-bond acceptors (Lipinski definition) is 3. The van der Waals surface area contributed by atoms with Crippen LogP contribution in [0.4, 0.5) is 0 Å². The van der Waals surface area contributed by atoms with E-state index in [1.807, 2.05) is 0 Å². The number of ether oxygens (including phenoxy) is 2. The molecule has 0 aliphatic rings. The zero-order valence-electron chi connectivity index (χ0n) is 5.72. The number of hydrogen-bond donors (Lipinski definition) is 0. The van der Waals surface area contributed by atoms with Crippen LogP contribution in [0.1, 0.15) is 6.92 Å². The lowest BCUT2D eigenvalue weighted by atomic mass is 10.4. The Balaban J connectivity index is 3.26. The van der Waals surface area contributed by atoms with Gasteiger partial charge in [-0.1, -0.05) is 0 Å². The second-order valence-electron chi connectivity index (χ2n) is 1.69. The predicted molar refractivity (Wildman–Crippen MR) is 32.8 cm³/mol. The van der Waals surface area contributed by atoms with Gasteiger partial charge in [0.15, 0.2) is 0 Å². The smallest absolute Gasteiger partial charge is 0.302 e. The van der Waals surface area contributed by atoms with Crippen LogP contribution in [0.25, 0.3) is 0 Å². The lowest BCUT2D eigenvalue weighted by molar-refractivity contribution is -0.146. The van der Waals surface area contributed by atoms with Crippen LogP contribution in [0.5, 0.6) is 0 Å². The molecule has 3 heteroatoms. The van der Waals surface area contributed by atoms with Crippen molar-refractivity contribution in [1.29, 1.82) is 0 Å². The molecule has 0 fully saturated rings. The van der Waals surface area contributed by atoms with Crippen LogP contribution in [-0.2, 0) is 14.3 Å². The molecule has 53 valence electrons. The van der Waals surface area contributed by atoms with E-state index in [0.29, 0.717) is 6.61 Å². The first-order valence-electron chi connectivity index (χ1n) is 2.66. The summed E-state index contributed by atoms with van der Waals surface area (Å²) >= 11 is 0. The van der Waals surface area contributed by atoms with E-state index in [1.54, 1.807) is 0 Å². The number of rotatable bonds is 3. The molecule has 0 N–H and O–H groups in total. The fourth-order valence-electron chi connectivity index (χ4n) is 0.455. The van der Waals surface area contributed by atoms with E-state index < -0.39 is 0 Å². The molecule has 0 amide bonds. The molecule has 0 bridgehead atoms. The van der Waals surface area contributed by atoms with Gasteiger partial charge in [-0.15, -0.1) is 0 Å². The van der Waals surface area contributed by atoms with Gasteiger partial charge in [-0.2, -0.15) is 0 Å². The molecule has 3 nitrogen and oxygen atoms in total. The fraction of sp³-hybridized carbons (Fsp3) is 0.667. The minimum atomic E-state index is -0.382. The highest BCUT2D eigenvalue weighted by Gasteiger charge is 2.02. The molecule has 0 aliphatic heterocycles. The molecule has 0 aromatic heterocycles. The van der Waals surface area contributed by atoms with Gasteiger partial charge < -0.3 is 9.47 Å². The first kappa shape index (κ1) is 8.43. The average Bonchev–Trinajstić information content (AvgIpc) is 1.63. The summed E-state index contributed by atoms with van der Waals surface area (Å²) in [6.07, 6.45) is -0.382. The topological polar surface area (TPSA) is 35.5 Å². The molecule has 0 saturated heterocycles.